The molecule has 0 aromatic rings. The number of likely N-dealkylation sites (tertiary alicyclic amines) is 1. The molecule has 0 N–H and O–H groups in total. The number of rotatable bonds is 2. The smallest absolute Gasteiger partial charge is 0.0330 e. The maximum absolute atomic E-state index is 2.54. The maximum Gasteiger partial charge on any atom is 0.0330 e. The van der Waals surface area contributed by atoms with Crippen LogP contribution in [0.5, 0.6) is 0 Å². The first-order chi connectivity index (χ1) is 5.11. The van der Waals surface area contributed by atoms with Crippen LogP contribution in [0.2, 0.25) is 0 Å². The van der Waals surface area contributed by atoms with Crippen LogP contribution in [-0.4, -0.2) is 40.2 Å². The van der Waals surface area contributed by atoms with Crippen LogP contribution >= 0.6 is 22.9 Å². The van der Waals surface area contributed by atoms with Gasteiger partial charge in [0.05, 0.1) is 0 Å². The zero-order valence-electron chi connectivity index (χ0n) is 7.55. The van der Waals surface area contributed by atoms with Crippen LogP contribution in [0.4, 0.5) is 0 Å². The van der Waals surface area contributed by atoms with Gasteiger partial charge in [0.25, 0.3) is 0 Å². The molecule has 0 amide bonds. The molecule has 11 heavy (non-hydrogen) atoms. The molecule has 1 aliphatic rings. The van der Waals surface area contributed by atoms with Gasteiger partial charge in [0, 0.05) is 48.0 Å². The summed E-state index contributed by atoms with van der Waals surface area (Å²) >= 11 is 2.38. The van der Waals surface area contributed by atoms with Gasteiger partial charge in [0.1, 0.15) is 0 Å². The fraction of sp³-hybridized carbons (Fsp3) is 1.00. The summed E-state index contributed by atoms with van der Waals surface area (Å²) in [6.07, 6.45) is 1.33. The van der Waals surface area contributed by atoms with Gasteiger partial charge in [0.2, 0.25) is 0 Å². The van der Waals surface area contributed by atoms with Gasteiger partial charge in [-0.05, 0) is 27.3 Å². The summed E-state index contributed by atoms with van der Waals surface area (Å²) in [6, 6.07) is 1.49. The zero-order chi connectivity index (χ0) is 8.43. The molecule has 1 fully saturated rings. The van der Waals surface area contributed by atoms with Crippen LogP contribution in [-0.2, 0) is 0 Å². The Morgan fingerprint density at radius 3 is 2.45 bits per heavy atom. The lowest BCUT2D eigenvalue weighted by Gasteiger charge is -2.21. The summed E-state index contributed by atoms with van der Waals surface area (Å²) in [5, 5.41) is 0. The Morgan fingerprint density at radius 1 is 1.55 bits per heavy atom. The molecular weight excluding hydrogens is 251 g/mol. The zero-order valence-corrected chi connectivity index (χ0v) is 9.71. The highest BCUT2D eigenvalue weighted by molar-refractivity contribution is 14.1. The first kappa shape index (κ1) is 9.74. The lowest BCUT2D eigenvalue weighted by Crippen LogP contribution is -2.32. The predicted molar refractivity (Wildman–Crippen MR) is 56.9 cm³/mol. The number of halogens is 1. The third-order valence-corrected chi connectivity index (χ3v) is 3.22. The van der Waals surface area contributed by atoms with Crippen molar-refractivity contribution in [2.75, 3.05) is 20.1 Å². The molecule has 0 saturated carbocycles. The van der Waals surface area contributed by atoms with E-state index in [1.807, 2.05) is 0 Å². The van der Waals surface area contributed by atoms with Crippen molar-refractivity contribution in [3.05, 3.63) is 0 Å². The third-order valence-electron chi connectivity index (χ3n) is 2.43. The van der Waals surface area contributed by atoms with Gasteiger partial charge < -0.3 is 0 Å². The van der Waals surface area contributed by atoms with E-state index < -0.39 is 0 Å². The Kier molecular flexibility index (Phi) is 3.58. The van der Waals surface area contributed by atoms with E-state index in [0.29, 0.717) is 0 Å². The van der Waals surface area contributed by atoms with E-state index in [4.69, 9.17) is 0 Å². The molecule has 1 atom stereocenters. The third kappa shape index (κ3) is 2.56. The van der Waals surface area contributed by atoms with E-state index in [0.717, 1.165) is 12.1 Å². The summed E-state index contributed by atoms with van der Waals surface area (Å²) in [6.45, 7) is 7.07. The molecule has 1 aliphatic heterocycles. The van der Waals surface area contributed by atoms with Gasteiger partial charge in [-0.25, -0.2) is 3.11 Å². The molecule has 0 spiro atoms. The number of likely N-dealkylation sites (N-methyl/N-ethyl adjacent to an activating group) is 1. The molecule has 0 bridgehead atoms. The SMILES string of the molecule is CC(C)N1CCC(N(C)I)C1. The van der Waals surface area contributed by atoms with Crippen molar-refractivity contribution < 1.29 is 0 Å². The second-order valence-electron chi connectivity index (χ2n) is 3.56. The Bertz CT molecular complexity index is 111. The van der Waals surface area contributed by atoms with E-state index >= 15 is 0 Å². The van der Waals surface area contributed by atoms with Gasteiger partial charge in [0.15, 0.2) is 0 Å². The largest absolute Gasteiger partial charge is 0.299 e. The average molecular weight is 268 g/mol. The van der Waals surface area contributed by atoms with Gasteiger partial charge >= 0.3 is 0 Å². The highest BCUT2D eigenvalue weighted by Crippen LogP contribution is 2.18. The van der Waals surface area contributed by atoms with E-state index in [-0.39, 0.29) is 0 Å². The fourth-order valence-electron chi connectivity index (χ4n) is 1.53. The van der Waals surface area contributed by atoms with Gasteiger partial charge in [-0.1, -0.05) is 0 Å². The number of hydrogen-bond donors (Lipinski definition) is 0. The number of nitrogens with zero attached hydrogens (tertiary/aromatic N) is 2. The first-order valence-electron chi connectivity index (χ1n) is 4.24. The minimum Gasteiger partial charge on any atom is -0.299 e. The molecule has 0 radical (unpaired) electrons. The molecule has 2 nitrogen and oxygen atoms in total. The monoisotopic (exact) mass is 268 g/mol. The van der Waals surface area contributed by atoms with Crippen LogP contribution in [0.15, 0.2) is 0 Å². The highest BCUT2D eigenvalue weighted by atomic mass is 127. The molecule has 66 valence electrons. The van der Waals surface area contributed by atoms with Crippen molar-refractivity contribution in [1.29, 1.82) is 0 Å². The topological polar surface area (TPSA) is 6.48 Å². The summed E-state index contributed by atoms with van der Waals surface area (Å²) in [5.41, 5.74) is 0. The van der Waals surface area contributed by atoms with Crippen molar-refractivity contribution in [2.45, 2.75) is 32.4 Å². The predicted octanol–water partition coefficient (Wildman–Crippen LogP) is 1.75. The van der Waals surface area contributed by atoms with Crippen LogP contribution in [0.25, 0.3) is 0 Å². The van der Waals surface area contributed by atoms with Gasteiger partial charge in [-0.2, -0.15) is 0 Å². The van der Waals surface area contributed by atoms with E-state index in [2.05, 4.69) is 51.8 Å². The molecule has 1 saturated heterocycles. The fourth-order valence-corrected chi connectivity index (χ4v) is 1.98. The van der Waals surface area contributed by atoms with Crippen LogP contribution in [0.1, 0.15) is 20.3 Å². The molecule has 3 heteroatoms. The molecule has 1 unspecified atom stereocenters. The minimum atomic E-state index is 0.719. The van der Waals surface area contributed by atoms with Gasteiger partial charge in [-0.3, -0.25) is 4.90 Å². The number of hydrogen-bond acceptors (Lipinski definition) is 2. The van der Waals surface area contributed by atoms with Crippen LogP contribution < -0.4 is 0 Å². The van der Waals surface area contributed by atoms with Crippen molar-refractivity contribution in [1.82, 2.24) is 8.01 Å². The van der Waals surface area contributed by atoms with E-state index in [1.165, 1.54) is 19.5 Å². The molecule has 0 aliphatic carbocycles. The summed E-state index contributed by atoms with van der Waals surface area (Å²) < 4.78 is 2.31. The van der Waals surface area contributed by atoms with Crippen molar-refractivity contribution in [3.8, 4) is 0 Å². The van der Waals surface area contributed by atoms with Crippen LogP contribution in [0, 0.1) is 0 Å². The summed E-state index contributed by atoms with van der Waals surface area (Å²) in [7, 11) is 2.16. The van der Waals surface area contributed by atoms with Crippen molar-refractivity contribution in [3.63, 3.8) is 0 Å². The Morgan fingerprint density at radius 2 is 2.18 bits per heavy atom. The molecule has 1 heterocycles. The van der Waals surface area contributed by atoms with Crippen LogP contribution in [0.3, 0.4) is 0 Å². The molecule has 0 aromatic heterocycles. The van der Waals surface area contributed by atoms with Gasteiger partial charge in [-0.15, -0.1) is 0 Å². The van der Waals surface area contributed by atoms with Crippen molar-refractivity contribution >= 4 is 22.9 Å². The van der Waals surface area contributed by atoms with E-state index in [1.54, 1.807) is 0 Å². The summed E-state index contributed by atoms with van der Waals surface area (Å²) in [5.74, 6) is 0. The molecule has 0 aromatic carbocycles. The minimum absolute atomic E-state index is 0.719. The summed E-state index contributed by atoms with van der Waals surface area (Å²) in [4.78, 5) is 2.54. The highest BCUT2D eigenvalue weighted by Gasteiger charge is 2.25. The Labute approximate surface area is 83.4 Å². The molecular formula is C8H17IN2. The Balaban J connectivity index is 2.35. The van der Waals surface area contributed by atoms with Crippen molar-refractivity contribution in [2.24, 2.45) is 0 Å². The quantitative estimate of drug-likeness (QED) is 0.556. The molecule has 1 rings (SSSR count). The second kappa shape index (κ2) is 4.05. The normalized spacial score (nSPS) is 27.3. The lowest BCUT2D eigenvalue weighted by molar-refractivity contribution is 0.262. The average Bonchev–Trinajstić information content (AvgIpc) is 2.33. The first-order valence-corrected chi connectivity index (χ1v) is 5.20. The standard InChI is InChI=1S/C8H17IN2/c1-7(2)11-5-4-8(6-11)10(3)9/h7-8H,4-6H2,1-3H3. The van der Waals surface area contributed by atoms with E-state index in [9.17, 15) is 0 Å². The maximum atomic E-state index is 2.54. The lowest BCUT2D eigenvalue weighted by atomic mass is 10.3. The Hall–Kier alpha value is 0.650. The second-order valence-corrected chi connectivity index (χ2v) is 5.08.